The highest BCUT2D eigenvalue weighted by Gasteiger charge is 2.21. The lowest BCUT2D eigenvalue weighted by Gasteiger charge is -2.25. The molecule has 1 heterocycles. The van der Waals surface area contributed by atoms with E-state index < -0.39 is 0 Å². The number of nitrogens with two attached hydrogens (primary N) is 1. The first-order chi connectivity index (χ1) is 9.08. The Morgan fingerprint density at radius 1 is 1.26 bits per heavy atom. The first-order valence-electron chi connectivity index (χ1n) is 6.65. The lowest BCUT2D eigenvalue weighted by atomic mass is 9.91. The van der Waals surface area contributed by atoms with Crippen LogP contribution in [-0.2, 0) is 0 Å². The maximum absolute atomic E-state index is 5.41. The van der Waals surface area contributed by atoms with Crippen molar-refractivity contribution in [2.75, 3.05) is 24.4 Å². The van der Waals surface area contributed by atoms with Crippen molar-refractivity contribution in [2.45, 2.75) is 43.0 Å². The lowest BCUT2D eigenvalue weighted by molar-refractivity contribution is 0.394. The molecule has 0 radical (unpaired) electrons. The van der Waals surface area contributed by atoms with E-state index >= 15 is 0 Å². The molecule has 6 nitrogen and oxygen atoms in total. The van der Waals surface area contributed by atoms with E-state index in [0.717, 1.165) is 11.1 Å². The van der Waals surface area contributed by atoms with Crippen LogP contribution in [0.4, 0.5) is 11.9 Å². The third-order valence-electron chi connectivity index (χ3n) is 3.29. The summed E-state index contributed by atoms with van der Waals surface area (Å²) in [6, 6.07) is 0. The van der Waals surface area contributed by atoms with Crippen LogP contribution in [0.5, 0.6) is 0 Å². The van der Waals surface area contributed by atoms with Gasteiger partial charge in [0, 0.05) is 19.3 Å². The molecule has 0 aliphatic heterocycles. The Bertz CT molecular complexity index is 425. The van der Waals surface area contributed by atoms with Gasteiger partial charge >= 0.3 is 0 Å². The van der Waals surface area contributed by atoms with Crippen LogP contribution in [0, 0.1) is 5.92 Å². The Morgan fingerprint density at radius 3 is 2.68 bits per heavy atom. The highest BCUT2D eigenvalue weighted by atomic mass is 32.2. The predicted octanol–water partition coefficient (Wildman–Crippen LogP) is 1.89. The van der Waals surface area contributed by atoms with E-state index in [1.807, 2.05) is 19.0 Å². The molecule has 1 saturated carbocycles. The number of nitrogen functional groups attached to an aromatic ring is 1. The van der Waals surface area contributed by atoms with Crippen LogP contribution in [0.2, 0.25) is 0 Å². The van der Waals surface area contributed by atoms with Gasteiger partial charge < -0.3 is 4.90 Å². The zero-order valence-electron chi connectivity index (χ0n) is 11.8. The van der Waals surface area contributed by atoms with Gasteiger partial charge in [0.2, 0.25) is 11.9 Å². The molecule has 0 amide bonds. The average molecular weight is 282 g/mol. The summed E-state index contributed by atoms with van der Waals surface area (Å²) in [5.41, 5.74) is 2.51. The second kappa shape index (κ2) is 6.38. The van der Waals surface area contributed by atoms with Crippen molar-refractivity contribution in [3.63, 3.8) is 0 Å². The van der Waals surface area contributed by atoms with Crippen LogP contribution in [0.3, 0.4) is 0 Å². The molecule has 3 N–H and O–H groups in total. The molecule has 2 unspecified atom stereocenters. The van der Waals surface area contributed by atoms with Crippen LogP contribution in [0.1, 0.15) is 32.6 Å². The number of nitrogens with zero attached hydrogens (tertiary/aromatic N) is 4. The first kappa shape index (κ1) is 14.3. The SMILES string of the molecule is CC1CCCC(Sc2nc(NN)nc(N(C)C)n2)C1. The molecule has 1 aliphatic rings. The minimum Gasteiger partial charge on any atom is -0.347 e. The van der Waals surface area contributed by atoms with Crippen LogP contribution < -0.4 is 16.2 Å². The van der Waals surface area contributed by atoms with Crippen molar-refractivity contribution in [2.24, 2.45) is 11.8 Å². The standard InChI is InChI=1S/C12H22N6S/c1-8-5-4-6-9(7-8)19-12-15-10(17-13)14-11(16-12)18(2)3/h8-9H,4-7,13H2,1-3H3,(H,14,15,16,17). The highest BCUT2D eigenvalue weighted by Crippen LogP contribution is 2.35. The van der Waals surface area contributed by atoms with Crippen molar-refractivity contribution in [3.05, 3.63) is 0 Å². The summed E-state index contributed by atoms with van der Waals surface area (Å²) < 4.78 is 0. The van der Waals surface area contributed by atoms with E-state index in [1.165, 1.54) is 25.7 Å². The third-order valence-corrected chi connectivity index (χ3v) is 4.45. The molecule has 0 saturated heterocycles. The maximum Gasteiger partial charge on any atom is 0.242 e. The fraction of sp³-hybridized carbons (Fsp3) is 0.750. The molecule has 106 valence electrons. The first-order valence-corrected chi connectivity index (χ1v) is 7.53. The van der Waals surface area contributed by atoms with Gasteiger partial charge in [-0.05, 0) is 18.8 Å². The van der Waals surface area contributed by atoms with Crippen LogP contribution >= 0.6 is 11.8 Å². The third kappa shape index (κ3) is 3.94. The Morgan fingerprint density at radius 2 is 2.05 bits per heavy atom. The maximum atomic E-state index is 5.41. The van der Waals surface area contributed by atoms with Gasteiger partial charge in [0.15, 0.2) is 5.16 Å². The second-order valence-corrected chi connectivity index (χ2v) is 6.56. The molecule has 1 aliphatic carbocycles. The summed E-state index contributed by atoms with van der Waals surface area (Å²) in [5, 5.41) is 1.36. The molecule has 19 heavy (non-hydrogen) atoms. The number of hydrogen-bond donors (Lipinski definition) is 2. The van der Waals surface area contributed by atoms with Gasteiger partial charge in [-0.2, -0.15) is 15.0 Å². The van der Waals surface area contributed by atoms with E-state index in [-0.39, 0.29) is 0 Å². The number of aromatic nitrogens is 3. The average Bonchev–Trinajstić information content (AvgIpc) is 2.38. The number of hydrogen-bond acceptors (Lipinski definition) is 7. The second-order valence-electron chi connectivity index (χ2n) is 5.29. The van der Waals surface area contributed by atoms with Crippen molar-refractivity contribution < 1.29 is 0 Å². The quantitative estimate of drug-likeness (QED) is 0.645. The zero-order valence-corrected chi connectivity index (χ0v) is 12.6. The summed E-state index contributed by atoms with van der Waals surface area (Å²) in [6.07, 6.45) is 5.11. The molecule has 0 aromatic carbocycles. The van der Waals surface area contributed by atoms with Crippen molar-refractivity contribution in [1.82, 2.24) is 15.0 Å². The zero-order chi connectivity index (χ0) is 13.8. The number of anilines is 2. The minimum atomic E-state index is 0.421. The summed E-state index contributed by atoms with van der Waals surface area (Å²) in [5.74, 6) is 7.27. The van der Waals surface area contributed by atoms with Gasteiger partial charge in [-0.3, -0.25) is 5.43 Å². The molecule has 1 aromatic rings. The van der Waals surface area contributed by atoms with Gasteiger partial charge in [-0.25, -0.2) is 5.84 Å². The van der Waals surface area contributed by atoms with Crippen LogP contribution in [0.15, 0.2) is 5.16 Å². The largest absolute Gasteiger partial charge is 0.347 e. The van der Waals surface area contributed by atoms with Gasteiger partial charge in [-0.15, -0.1) is 0 Å². The van der Waals surface area contributed by atoms with E-state index in [2.05, 4.69) is 27.3 Å². The fourth-order valence-electron chi connectivity index (χ4n) is 2.30. The molecule has 1 fully saturated rings. The molecule has 0 bridgehead atoms. The highest BCUT2D eigenvalue weighted by molar-refractivity contribution is 7.99. The van der Waals surface area contributed by atoms with Crippen molar-refractivity contribution in [3.8, 4) is 0 Å². The Hall–Kier alpha value is -1.08. The predicted molar refractivity (Wildman–Crippen MR) is 79.2 cm³/mol. The number of nitrogens with one attached hydrogen (secondary N) is 1. The number of hydrazine groups is 1. The molecule has 0 spiro atoms. The van der Waals surface area contributed by atoms with Crippen LogP contribution in [-0.4, -0.2) is 34.3 Å². The molecule has 2 rings (SSSR count). The van der Waals surface area contributed by atoms with E-state index in [1.54, 1.807) is 11.8 Å². The van der Waals surface area contributed by atoms with E-state index in [4.69, 9.17) is 5.84 Å². The fourth-order valence-corrected chi connectivity index (χ4v) is 3.58. The summed E-state index contributed by atoms with van der Waals surface area (Å²) in [7, 11) is 3.82. The number of rotatable bonds is 4. The summed E-state index contributed by atoms with van der Waals surface area (Å²) >= 11 is 1.74. The molecule has 1 aromatic heterocycles. The Labute approximate surface area is 118 Å². The van der Waals surface area contributed by atoms with Gasteiger partial charge in [-0.1, -0.05) is 31.5 Å². The Kier molecular flexibility index (Phi) is 4.81. The van der Waals surface area contributed by atoms with Crippen molar-refractivity contribution >= 4 is 23.7 Å². The lowest BCUT2D eigenvalue weighted by Crippen LogP contribution is -2.19. The van der Waals surface area contributed by atoms with Crippen molar-refractivity contribution in [1.29, 1.82) is 0 Å². The van der Waals surface area contributed by atoms with Crippen LogP contribution in [0.25, 0.3) is 0 Å². The smallest absolute Gasteiger partial charge is 0.242 e. The van der Waals surface area contributed by atoms with E-state index in [9.17, 15) is 0 Å². The van der Waals surface area contributed by atoms with Gasteiger partial charge in [0.1, 0.15) is 0 Å². The number of thioether (sulfide) groups is 1. The molecule has 7 heteroatoms. The van der Waals surface area contributed by atoms with Gasteiger partial charge in [0.25, 0.3) is 0 Å². The minimum absolute atomic E-state index is 0.421. The summed E-state index contributed by atoms with van der Waals surface area (Å²) in [4.78, 5) is 14.9. The topological polar surface area (TPSA) is 80.0 Å². The molecular weight excluding hydrogens is 260 g/mol. The molecule has 2 atom stereocenters. The monoisotopic (exact) mass is 282 g/mol. The Balaban J connectivity index is 2.12. The van der Waals surface area contributed by atoms with Gasteiger partial charge in [0.05, 0.1) is 0 Å². The molecular formula is C12H22N6S. The van der Waals surface area contributed by atoms with E-state index in [0.29, 0.717) is 17.1 Å². The summed E-state index contributed by atoms with van der Waals surface area (Å²) in [6.45, 7) is 2.32. The normalized spacial score (nSPS) is 23.2.